The highest BCUT2D eigenvalue weighted by Gasteiger charge is 2.08. The van der Waals surface area contributed by atoms with Crippen LogP contribution in [-0.2, 0) is 0 Å². The molecule has 19 heavy (non-hydrogen) atoms. The maximum absolute atomic E-state index is 5.70. The predicted octanol–water partition coefficient (Wildman–Crippen LogP) is 3.77. The first-order valence-electron chi connectivity index (χ1n) is 5.66. The second kappa shape index (κ2) is 4.85. The number of rotatable bonds is 2. The van der Waals surface area contributed by atoms with E-state index >= 15 is 0 Å². The van der Waals surface area contributed by atoms with Crippen molar-refractivity contribution in [3.63, 3.8) is 0 Å². The Balaban J connectivity index is 2.04. The molecule has 4 nitrogen and oxygen atoms in total. The van der Waals surface area contributed by atoms with E-state index in [2.05, 4.69) is 25.9 Å². The summed E-state index contributed by atoms with van der Waals surface area (Å²) in [5.41, 5.74) is 5.58. The van der Waals surface area contributed by atoms with Crippen molar-refractivity contribution in [2.75, 3.05) is 5.73 Å². The first-order valence-corrected chi connectivity index (χ1v) is 6.46. The molecule has 0 fully saturated rings. The van der Waals surface area contributed by atoms with Crippen molar-refractivity contribution in [3.8, 4) is 11.6 Å². The zero-order chi connectivity index (χ0) is 13.2. The highest BCUT2D eigenvalue weighted by Crippen LogP contribution is 2.35. The van der Waals surface area contributed by atoms with Crippen molar-refractivity contribution < 1.29 is 4.74 Å². The minimum Gasteiger partial charge on any atom is -0.436 e. The molecular weight excluding hydrogens is 306 g/mol. The third-order valence-corrected chi connectivity index (χ3v) is 3.49. The number of aromatic nitrogens is 2. The van der Waals surface area contributed by atoms with E-state index in [1.165, 1.54) is 12.4 Å². The number of halogens is 1. The van der Waals surface area contributed by atoms with E-state index in [0.717, 1.165) is 15.2 Å². The second-order valence-electron chi connectivity index (χ2n) is 3.98. The highest BCUT2D eigenvalue weighted by molar-refractivity contribution is 9.10. The van der Waals surface area contributed by atoms with Crippen molar-refractivity contribution in [1.29, 1.82) is 0 Å². The van der Waals surface area contributed by atoms with Crippen LogP contribution in [-0.4, -0.2) is 9.97 Å². The number of fused-ring (bicyclic) bond motifs is 1. The molecule has 0 aliphatic rings. The van der Waals surface area contributed by atoms with E-state index in [0.29, 0.717) is 17.4 Å². The van der Waals surface area contributed by atoms with Crippen LogP contribution in [0.15, 0.2) is 53.3 Å². The monoisotopic (exact) mass is 315 g/mol. The summed E-state index contributed by atoms with van der Waals surface area (Å²) in [7, 11) is 0. The first-order chi connectivity index (χ1) is 9.24. The number of hydrogen-bond acceptors (Lipinski definition) is 4. The minimum atomic E-state index is 0.328. The fraction of sp³-hybridized carbons (Fsp3) is 0. The first kappa shape index (κ1) is 11.9. The van der Waals surface area contributed by atoms with Crippen LogP contribution in [0.25, 0.3) is 10.8 Å². The third-order valence-electron chi connectivity index (χ3n) is 2.67. The summed E-state index contributed by atoms with van der Waals surface area (Å²) in [5.74, 6) is 1.38. The summed E-state index contributed by atoms with van der Waals surface area (Å²) in [4.78, 5) is 8.01. The lowest BCUT2D eigenvalue weighted by atomic mass is 10.1. The Kier molecular flexibility index (Phi) is 3.05. The van der Waals surface area contributed by atoms with E-state index < -0.39 is 0 Å². The Hall–Kier alpha value is -2.14. The Morgan fingerprint density at radius 2 is 1.89 bits per heavy atom. The van der Waals surface area contributed by atoms with Gasteiger partial charge in [0.2, 0.25) is 5.88 Å². The lowest BCUT2D eigenvalue weighted by Gasteiger charge is -2.09. The van der Waals surface area contributed by atoms with Gasteiger partial charge in [-0.1, -0.05) is 30.3 Å². The third kappa shape index (κ3) is 2.37. The van der Waals surface area contributed by atoms with Crippen LogP contribution < -0.4 is 10.5 Å². The summed E-state index contributed by atoms with van der Waals surface area (Å²) in [6.45, 7) is 0. The summed E-state index contributed by atoms with van der Waals surface area (Å²) < 4.78 is 6.58. The molecule has 5 heteroatoms. The zero-order valence-electron chi connectivity index (χ0n) is 9.88. The highest BCUT2D eigenvalue weighted by atomic mass is 79.9. The lowest BCUT2D eigenvalue weighted by Crippen LogP contribution is -1.95. The molecule has 0 saturated heterocycles. The van der Waals surface area contributed by atoms with Gasteiger partial charge in [-0.05, 0) is 32.8 Å². The number of nitrogens with two attached hydrogens (primary N) is 1. The summed E-state index contributed by atoms with van der Waals surface area (Å²) in [5, 5.41) is 2.22. The van der Waals surface area contributed by atoms with Crippen LogP contribution in [0.5, 0.6) is 11.6 Å². The SMILES string of the molecule is Nc1cncc(Oc2ccc3ccccc3c2Br)n1. The topological polar surface area (TPSA) is 61.0 Å². The van der Waals surface area contributed by atoms with Crippen LogP contribution in [0.2, 0.25) is 0 Å². The van der Waals surface area contributed by atoms with Crippen LogP contribution in [0.4, 0.5) is 5.82 Å². The Morgan fingerprint density at radius 1 is 1.05 bits per heavy atom. The molecule has 0 saturated carbocycles. The average Bonchev–Trinajstić information content (AvgIpc) is 2.42. The molecule has 2 N–H and O–H groups in total. The molecule has 0 radical (unpaired) electrons. The van der Waals surface area contributed by atoms with Gasteiger partial charge in [0.15, 0.2) is 0 Å². The smallest absolute Gasteiger partial charge is 0.239 e. The molecule has 3 aromatic rings. The standard InChI is InChI=1S/C14H10BrN3O/c15-14-10-4-2-1-3-9(10)5-6-11(14)19-13-8-17-7-12(16)18-13/h1-8H,(H2,16,18). The number of hydrogen-bond donors (Lipinski definition) is 1. The number of anilines is 1. The summed E-state index contributed by atoms with van der Waals surface area (Å²) in [6.07, 6.45) is 3.00. The fourth-order valence-corrected chi connectivity index (χ4v) is 2.39. The van der Waals surface area contributed by atoms with Crippen molar-refractivity contribution in [1.82, 2.24) is 9.97 Å². The zero-order valence-corrected chi connectivity index (χ0v) is 11.5. The maximum atomic E-state index is 5.70. The molecule has 0 aliphatic carbocycles. The largest absolute Gasteiger partial charge is 0.436 e. The molecular formula is C14H10BrN3O. The summed E-state index contributed by atoms with van der Waals surface area (Å²) in [6, 6.07) is 11.9. The quantitative estimate of drug-likeness (QED) is 0.782. The normalized spacial score (nSPS) is 10.6. The van der Waals surface area contributed by atoms with Gasteiger partial charge in [-0.2, -0.15) is 4.98 Å². The summed E-state index contributed by atoms with van der Waals surface area (Å²) >= 11 is 3.55. The molecule has 0 bridgehead atoms. The van der Waals surface area contributed by atoms with E-state index in [1.54, 1.807) is 0 Å². The molecule has 0 amide bonds. The van der Waals surface area contributed by atoms with Crippen molar-refractivity contribution >= 4 is 32.5 Å². The molecule has 2 aromatic carbocycles. The van der Waals surface area contributed by atoms with E-state index in [4.69, 9.17) is 10.5 Å². The number of ether oxygens (including phenoxy) is 1. The van der Waals surface area contributed by atoms with Gasteiger partial charge in [0.25, 0.3) is 0 Å². The van der Waals surface area contributed by atoms with Gasteiger partial charge in [-0.25, -0.2) is 0 Å². The minimum absolute atomic E-state index is 0.328. The molecule has 1 heterocycles. The maximum Gasteiger partial charge on any atom is 0.239 e. The van der Waals surface area contributed by atoms with Gasteiger partial charge in [-0.15, -0.1) is 0 Å². The van der Waals surface area contributed by atoms with Crippen LogP contribution >= 0.6 is 15.9 Å². The van der Waals surface area contributed by atoms with E-state index in [1.807, 2.05) is 36.4 Å². The second-order valence-corrected chi connectivity index (χ2v) is 4.78. The molecule has 0 unspecified atom stereocenters. The van der Waals surface area contributed by atoms with Crippen LogP contribution in [0.3, 0.4) is 0 Å². The average molecular weight is 316 g/mol. The molecule has 3 rings (SSSR count). The molecule has 94 valence electrons. The Labute approximate surface area is 118 Å². The van der Waals surface area contributed by atoms with Gasteiger partial charge < -0.3 is 10.5 Å². The van der Waals surface area contributed by atoms with Crippen molar-refractivity contribution in [2.24, 2.45) is 0 Å². The Bertz CT molecular complexity index is 746. The number of benzene rings is 2. The van der Waals surface area contributed by atoms with Gasteiger partial charge in [0.1, 0.15) is 11.6 Å². The van der Waals surface area contributed by atoms with Gasteiger partial charge >= 0.3 is 0 Å². The predicted molar refractivity (Wildman–Crippen MR) is 78.2 cm³/mol. The van der Waals surface area contributed by atoms with Gasteiger partial charge in [0.05, 0.1) is 16.9 Å². The van der Waals surface area contributed by atoms with Crippen molar-refractivity contribution in [2.45, 2.75) is 0 Å². The van der Waals surface area contributed by atoms with Crippen LogP contribution in [0.1, 0.15) is 0 Å². The number of nitrogens with zero attached hydrogens (tertiary/aromatic N) is 2. The van der Waals surface area contributed by atoms with Gasteiger partial charge in [0, 0.05) is 0 Å². The molecule has 0 atom stereocenters. The number of nitrogen functional groups attached to an aromatic ring is 1. The van der Waals surface area contributed by atoms with Gasteiger partial charge in [-0.3, -0.25) is 4.98 Å². The van der Waals surface area contributed by atoms with E-state index in [-0.39, 0.29) is 0 Å². The molecule has 0 spiro atoms. The molecule has 1 aromatic heterocycles. The van der Waals surface area contributed by atoms with E-state index in [9.17, 15) is 0 Å². The fourth-order valence-electron chi connectivity index (χ4n) is 1.82. The Morgan fingerprint density at radius 3 is 2.74 bits per heavy atom. The van der Waals surface area contributed by atoms with Crippen LogP contribution in [0, 0.1) is 0 Å². The molecule has 0 aliphatic heterocycles. The van der Waals surface area contributed by atoms with Crippen molar-refractivity contribution in [3.05, 3.63) is 53.3 Å². The lowest BCUT2D eigenvalue weighted by molar-refractivity contribution is 0.459.